The van der Waals surface area contributed by atoms with Crippen LogP contribution < -0.4 is 0 Å². The van der Waals surface area contributed by atoms with Gasteiger partial charge in [0.2, 0.25) is 0 Å². The normalized spacial score (nSPS) is 26.0. The average molecular weight is 428 g/mol. The van der Waals surface area contributed by atoms with Crippen molar-refractivity contribution in [2.75, 3.05) is 13.2 Å². The molecule has 0 radical (unpaired) electrons. The molecule has 2 heterocycles. The van der Waals surface area contributed by atoms with Gasteiger partial charge in [-0.1, -0.05) is 11.6 Å². The van der Waals surface area contributed by atoms with Gasteiger partial charge in [0, 0.05) is 27.4 Å². The van der Waals surface area contributed by atoms with E-state index in [0.717, 1.165) is 53.2 Å². The van der Waals surface area contributed by atoms with Crippen LogP contribution in [0.15, 0.2) is 16.7 Å². The molecule has 2 aromatic rings. The number of esters is 1. The monoisotopic (exact) mass is 426 g/mol. The summed E-state index contributed by atoms with van der Waals surface area (Å²) in [7, 11) is 0. The van der Waals surface area contributed by atoms with Crippen LogP contribution in [0.3, 0.4) is 0 Å². The quantitative estimate of drug-likeness (QED) is 0.657. The van der Waals surface area contributed by atoms with Crippen molar-refractivity contribution in [1.82, 2.24) is 9.78 Å². The number of aromatic nitrogens is 2. The van der Waals surface area contributed by atoms with Crippen LogP contribution in [-0.4, -0.2) is 29.0 Å². The fourth-order valence-corrected chi connectivity index (χ4v) is 4.91. The van der Waals surface area contributed by atoms with Crippen LogP contribution in [0, 0.1) is 5.92 Å². The van der Waals surface area contributed by atoms with Gasteiger partial charge in [-0.3, -0.25) is 4.79 Å². The molecule has 2 aliphatic rings. The molecule has 1 aliphatic carbocycles. The maximum absolute atomic E-state index is 12.0. The molecule has 0 bridgehead atoms. The number of nitrogens with zero attached hydrogens (tertiary/aromatic N) is 2. The molecule has 2 fully saturated rings. The zero-order chi connectivity index (χ0) is 17.6. The van der Waals surface area contributed by atoms with E-state index in [4.69, 9.17) is 21.1 Å². The number of benzene rings is 1. The van der Waals surface area contributed by atoms with Gasteiger partial charge in [-0.25, -0.2) is 4.68 Å². The third-order valence-electron chi connectivity index (χ3n) is 5.01. The molecule has 1 aliphatic heterocycles. The second-order valence-electron chi connectivity index (χ2n) is 6.63. The van der Waals surface area contributed by atoms with Gasteiger partial charge in [0.05, 0.1) is 24.2 Å². The summed E-state index contributed by atoms with van der Waals surface area (Å²) in [5.41, 5.74) is 1.94. The fraction of sp³-hybridized carbons (Fsp3) is 0.556. The molecule has 7 heteroatoms. The highest BCUT2D eigenvalue weighted by atomic mass is 79.9. The largest absolute Gasteiger partial charge is 0.466 e. The predicted octanol–water partition coefficient (Wildman–Crippen LogP) is 4.82. The third-order valence-corrected chi connectivity index (χ3v) is 6.17. The number of halogens is 2. The van der Waals surface area contributed by atoms with Crippen LogP contribution in [0.2, 0.25) is 5.02 Å². The standard InChI is InChI=1S/C18H20BrClN2O3/c1-2-24-18(23)11-7-10(11)16-13(20)8-14-12(17(16)19)9-21-22(14)15-5-3-4-6-25-15/h8-11,15H,2-7H2,1H3/t10-,11+,15?/m1/s1. The molecule has 25 heavy (non-hydrogen) atoms. The number of ether oxygens (including phenoxy) is 2. The molecule has 0 spiro atoms. The Balaban J connectivity index is 1.68. The molecule has 1 unspecified atom stereocenters. The molecule has 1 aromatic carbocycles. The van der Waals surface area contributed by atoms with Crippen LogP contribution in [-0.2, 0) is 14.3 Å². The van der Waals surface area contributed by atoms with Gasteiger partial charge in [0.1, 0.15) is 0 Å². The summed E-state index contributed by atoms with van der Waals surface area (Å²) in [4.78, 5) is 12.0. The van der Waals surface area contributed by atoms with Crippen LogP contribution in [0.5, 0.6) is 0 Å². The number of hydrogen-bond donors (Lipinski definition) is 0. The Kier molecular flexibility index (Phi) is 4.77. The highest BCUT2D eigenvalue weighted by Gasteiger charge is 2.47. The van der Waals surface area contributed by atoms with E-state index in [9.17, 15) is 4.79 Å². The average Bonchev–Trinajstić information content (AvgIpc) is 3.27. The SMILES string of the molecule is CCOC(=O)[C@H]1C[C@H]1c1c(Cl)cc2c(cnn2C2CCCCO2)c1Br. The smallest absolute Gasteiger partial charge is 0.309 e. The van der Waals surface area contributed by atoms with Crippen molar-refractivity contribution in [3.05, 3.63) is 27.3 Å². The molecule has 1 saturated heterocycles. The number of rotatable bonds is 4. The number of fused-ring (bicyclic) bond motifs is 1. The van der Waals surface area contributed by atoms with E-state index in [1.807, 2.05) is 23.9 Å². The molecule has 3 atom stereocenters. The number of hydrogen-bond acceptors (Lipinski definition) is 4. The zero-order valence-electron chi connectivity index (χ0n) is 14.0. The first-order valence-electron chi connectivity index (χ1n) is 8.75. The van der Waals surface area contributed by atoms with E-state index >= 15 is 0 Å². The summed E-state index contributed by atoms with van der Waals surface area (Å²) in [5.74, 6) is -0.121. The second-order valence-corrected chi connectivity index (χ2v) is 7.83. The lowest BCUT2D eigenvalue weighted by atomic mass is 10.1. The van der Waals surface area contributed by atoms with Gasteiger partial charge in [-0.05, 0) is 60.2 Å². The summed E-state index contributed by atoms with van der Waals surface area (Å²) in [6, 6.07) is 1.95. The van der Waals surface area contributed by atoms with Crippen molar-refractivity contribution in [3.8, 4) is 0 Å². The first-order chi connectivity index (χ1) is 12.1. The molecule has 0 amide bonds. The lowest BCUT2D eigenvalue weighted by Gasteiger charge is -2.23. The zero-order valence-corrected chi connectivity index (χ0v) is 16.3. The van der Waals surface area contributed by atoms with E-state index < -0.39 is 0 Å². The molecule has 4 rings (SSSR count). The Bertz CT molecular complexity index is 816. The maximum atomic E-state index is 12.0. The third kappa shape index (κ3) is 3.09. The van der Waals surface area contributed by atoms with E-state index in [1.165, 1.54) is 0 Å². The Morgan fingerprint density at radius 3 is 3.08 bits per heavy atom. The van der Waals surface area contributed by atoms with Gasteiger partial charge in [0.25, 0.3) is 0 Å². The van der Waals surface area contributed by atoms with Crippen LogP contribution in [0.25, 0.3) is 10.9 Å². The lowest BCUT2D eigenvalue weighted by Crippen LogP contribution is -2.19. The van der Waals surface area contributed by atoms with Crippen LogP contribution in [0.1, 0.15) is 50.3 Å². The van der Waals surface area contributed by atoms with Gasteiger partial charge in [-0.15, -0.1) is 0 Å². The summed E-state index contributed by atoms with van der Waals surface area (Å²) in [6.45, 7) is 3.00. The van der Waals surface area contributed by atoms with Gasteiger partial charge in [-0.2, -0.15) is 5.10 Å². The molecule has 5 nitrogen and oxygen atoms in total. The molecule has 1 aromatic heterocycles. The minimum Gasteiger partial charge on any atom is -0.466 e. The van der Waals surface area contributed by atoms with Crippen molar-refractivity contribution >= 4 is 44.4 Å². The first-order valence-corrected chi connectivity index (χ1v) is 9.92. The van der Waals surface area contributed by atoms with Gasteiger partial charge >= 0.3 is 5.97 Å². The Hall–Kier alpha value is -1.11. The van der Waals surface area contributed by atoms with Crippen molar-refractivity contribution in [2.45, 2.75) is 44.8 Å². The summed E-state index contributed by atoms with van der Waals surface area (Å²) >= 11 is 10.3. The number of carbonyl (C=O) groups is 1. The van der Waals surface area contributed by atoms with Crippen molar-refractivity contribution in [2.24, 2.45) is 5.92 Å². The van der Waals surface area contributed by atoms with E-state index in [0.29, 0.717) is 11.6 Å². The molecule has 1 saturated carbocycles. The topological polar surface area (TPSA) is 53.3 Å². The van der Waals surface area contributed by atoms with Crippen molar-refractivity contribution < 1.29 is 14.3 Å². The predicted molar refractivity (Wildman–Crippen MR) is 98.8 cm³/mol. The van der Waals surface area contributed by atoms with E-state index in [2.05, 4.69) is 21.0 Å². The lowest BCUT2D eigenvalue weighted by molar-refractivity contribution is -0.144. The summed E-state index contributed by atoms with van der Waals surface area (Å²) < 4.78 is 13.8. The minimum absolute atomic E-state index is 0.0340. The van der Waals surface area contributed by atoms with Crippen molar-refractivity contribution in [1.29, 1.82) is 0 Å². The maximum Gasteiger partial charge on any atom is 0.309 e. The van der Waals surface area contributed by atoms with E-state index in [1.54, 1.807) is 0 Å². The highest BCUT2D eigenvalue weighted by molar-refractivity contribution is 9.10. The molecular weight excluding hydrogens is 408 g/mol. The van der Waals surface area contributed by atoms with Crippen LogP contribution in [0.4, 0.5) is 0 Å². The Labute approximate surface area is 159 Å². The molecular formula is C18H20BrClN2O3. The Morgan fingerprint density at radius 1 is 1.52 bits per heavy atom. The second kappa shape index (κ2) is 6.89. The Morgan fingerprint density at radius 2 is 2.36 bits per heavy atom. The summed E-state index contributed by atoms with van der Waals surface area (Å²) in [5, 5.41) is 6.20. The fourth-order valence-electron chi connectivity index (χ4n) is 3.64. The van der Waals surface area contributed by atoms with Crippen LogP contribution >= 0.6 is 27.5 Å². The summed E-state index contributed by atoms with van der Waals surface area (Å²) in [6.07, 6.45) is 5.79. The minimum atomic E-state index is -0.137. The van der Waals surface area contributed by atoms with Gasteiger partial charge in [0.15, 0.2) is 6.23 Å². The molecule has 134 valence electrons. The number of carbonyl (C=O) groups excluding carboxylic acids is 1. The first kappa shape index (κ1) is 17.3. The van der Waals surface area contributed by atoms with Crippen molar-refractivity contribution in [3.63, 3.8) is 0 Å². The molecule has 0 N–H and O–H groups in total. The van der Waals surface area contributed by atoms with Gasteiger partial charge < -0.3 is 9.47 Å². The highest BCUT2D eigenvalue weighted by Crippen LogP contribution is 2.54. The van der Waals surface area contributed by atoms with E-state index in [-0.39, 0.29) is 24.0 Å².